The fourth-order valence-electron chi connectivity index (χ4n) is 1.72. The molecule has 0 aliphatic heterocycles. The van der Waals surface area contributed by atoms with Gasteiger partial charge in [0.05, 0.1) is 0 Å². The largest absolute Gasteiger partial charge is 0.346 e. The van der Waals surface area contributed by atoms with Crippen molar-refractivity contribution in [1.82, 2.24) is 24.9 Å². The molecule has 2 aromatic rings. The third kappa shape index (κ3) is 3.85. The zero-order valence-corrected chi connectivity index (χ0v) is 12.7. The van der Waals surface area contributed by atoms with E-state index in [9.17, 15) is 13.2 Å². The van der Waals surface area contributed by atoms with Gasteiger partial charge in [0.2, 0.25) is 5.82 Å². The zero-order chi connectivity index (χ0) is 15.6. The molecule has 0 saturated heterocycles. The van der Waals surface area contributed by atoms with Crippen molar-refractivity contribution in [3.05, 3.63) is 34.8 Å². The van der Waals surface area contributed by atoms with E-state index in [2.05, 4.69) is 20.4 Å². The average Bonchev–Trinajstić information content (AvgIpc) is 2.77. The van der Waals surface area contributed by atoms with Crippen LogP contribution in [0.2, 0.25) is 0 Å². The highest BCUT2D eigenvalue weighted by molar-refractivity contribution is 7.93. The molecule has 8 nitrogen and oxygen atoms in total. The van der Waals surface area contributed by atoms with Gasteiger partial charge >= 0.3 is 0 Å². The van der Waals surface area contributed by atoms with Crippen LogP contribution in [0.25, 0.3) is 5.78 Å². The van der Waals surface area contributed by atoms with Crippen LogP contribution in [0.5, 0.6) is 0 Å². The highest BCUT2D eigenvalue weighted by atomic mass is 32.2. The number of nitrogens with zero attached hydrogens (tertiary/aromatic N) is 4. The maximum absolute atomic E-state index is 11.9. The molecular formula is C12H15N5O3S. The van der Waals surface area contributed by atoms with Crippen LogP contribution < -0.4 is 5.32 Å². The summed E-state index contributed by atoms with van der Waals surface area (Å²) < 4.78 is 23.3. The fraction of sp³-hybridized carbons (Fsp3) is 0.333. The molecule has 0 saturated carbocycles. The molecule has 21 heavy (non-hydrogen) atoms. The SMILES string of the molecule is Cc1cc(C)n2nc(C(=O)NC/C=C/S(C)(=O)=O)nc2n1. The van der Waals surface area contributed by atoms with Gasteiger partial charge in [0.1, 0.15) is 0 Å². The van der Waals surface area contributed by atoms with E-state index >= 15 is 0 Å². The summed E-state index contributed by atoms with van der Waals surface area (Å²) in [6, 6.07) is 1.83. The number of hydrogen-bond donors (Lipinski definition) is 1. The van der Waals surface area contributed by atoms with E-state index in [1.165, 1.54) is 10.6 Å². The Morgan fingerprint density at radius 2 is 2.10 bits per heavy atom. The molecule has 1 amide bonds. The Kier molecular flexibility index (Phi) is 4.03. The van der Waals surface area contributed by atoms with Gasteiger partial charge in [-0.1, -0.05) is 6.08 Å². The number of aryl methyl sites for hydroxylation is 2. The highest BCUT2D eigenvalue weighted by Crippen LogP contribution is 2.05. The number of aromatic nitrogens is 4. The molecule has 0 bridgehead atoms. The normalized spacial score (nSPS) is 12.1. The molecule has 2 rings (SSSR count). The number of sulfone groups is 1. The van der Waals surface area contributed by atoms with Crippen molar-refractivity contribution in [2.75, 3.05) is 12.8 Å². The van der Waals surface area contributed by atoms with Crippen molar-refractivity contribution < 1.29 is 13.2 Å². The van der Waals surface area contributed by atoms with Crippen molar-refractivity contribution >= 4 is 21.5 Å². The third-order valence-corrected chi connectivity index (χ3v) is 3.23. The van der Waals surface area contributed by atoms with E-state index in [1.54, 1.807) is 0 Å². The molecule has 0 spiro atoms. The van der Waals surface area contributed by atoms with Crippen LogP contribution in [0.1, 0.15) is 22.0 Å². The summed E-state index contributed by atoms with van der Waals surface area (Å²) in [6.07, 6.45) is 2.42. The molecule has 0 aliphatic carbocycles. The highest BCUT2D eigenvalue weighted by Gasteiger charge is 2.14. The molecule has 0 radical (unpaired) electrons. The van der Waals surface area contributed by atoms with Gasteiger partial charge in [-0.05, 0) is 19.9 Å². The van der Waals surface area contributed by atoms with E-state index in [4.69, 9.17) is 0 Å². The first-order valence-corrected chi connectivity index (χ1v) is 8.07. The lowest BCUT2D eigenvalue weighted by molar-refractivity contribution is 0.0948. The molecule has 112 valence electrons. The number of carbonyl (C=O) groups is 1. The molecule has 2 aromatic heterocycles. The standard InChI is InChI=1S/C12H15N5O3S/c1-8-7-9(2)17-12(14-8)15-10(16-17)11(18)13-5-4-6-21(3,19)20/h4,6-7H,5H2,1-3H3,(H,13,18)/b6-4+. The van der Waals surface area contributed by atoms with E-state index in [0.29, 0.717) is 5.78 Å². The Bertz CT molecular complexity index is 823. The Morgan fingerprint density at radius 1 is 1.38 bits per heavy atom. The Labute approximate surface area is 121 Å². The van der Waals surface area contributed by atoms with Gasteiger partial charge in [-0.15, -0.1) is 5.10 Å². The molecular weight excluding hydrogens is 294 g/mol. The summed E-state index contributed by atoms with van der Waals surface area (Å²) in [5, 5.41) is 7.61. The predicted octanol–water partition coefficient (Wildman–Crippen LogP) is 0.0292. The van der Waals surface area contributed by atoms with Crippen LogP contribution in [0, 0.1) is 13.8 Å². The quantitative estimate of drug-likeness (QED) is 0.854. The van der Waals surface area contributed by atoms with Gasteiger partial charge in [0.15, 0.2) is 9.84 Å². The Hall–Kier alpha value is -2.29. The minimum atomic E-state index is -3.19. The molecule has 9 heteroatoms. The van der Waals surface area contributed by atoms with E-state index in [0.717, 1.165) is 23.1 Å². The number of fused-ring (bicyclic) bond motifs is 1. The second-order valence-corrected chi connectivity index (χ2v) is 6.53. The molecule has 0 fully saturated rings. The van der Waals surface area contributed by atoms with Crippen molar-refractivity contribution in [2.24, 2.45) is 0 Å². The number of hydrogen-bond acceptors (Lipinski definition) is 6. The Balaban J connectivity index is 2.13. The Morgan fingerprint density at radius 3 is 2.76 bits per heavy atom. The van der Waals surface area contributed by atoms with Gasteiger partial charge in [-0.3, -0.25) is 4.79 Å². The predicted molar refractivity (Wildman–Crippen MR) is 76.6 cm³/mol. The van der Waals surface area contributed by atoms with Gasteiger partial charge in [-0.25, -0.2) is 17.9 Å². The summed E-state index contributed by atoms with van der Waals surface area (Å²) in [5.41, 5.74) is 1.61. The van der Waals surface area contributed by atoms with Crippen LogP contribution in [0.3, 0.4) is 0 Å². The lowest BCUT2D eigenvalue weighted by atomic mass is 10.4. The minimum Gasteiger partial charge on any atom is -0.346 e. The molecule has 0 unspecified atom stereocenters. The fourth-order valence-corrected chi connectivity index (χ4v) is 2.16. The maximum Gasteiger partial charge on any atom is 0.291 e. The van der Waals surface area contributed by atoms with E-state index < -0.39 is 15.7 Å². The molecule has 0 aromatic carbocycles. The van der Waals surface area contributed by atoms with Crippen LogP contribution in [-0.4, -0.2) is 46.7 Å². The lowest BCUT2D eigenvalue weighted by Crippen LogP contribution is -2.24. The summed E-state index contributed by atoms with van der Waals surface area (Å²) in [4.78, 5) is 20.1. The monoisotopic (exact) mass is 309 g/mol. The smallest absolute Gasteiger partial charge is 0.291 e. The number of carbonyl (C=O) groups excluding carboxylic acids is 1. The summed E-state index contributed by atoms with van der Waals surface area (Å²) in [7, 11) is -3.19. The van der Waals surface area contributed by atoms with Gasteiger partial charge < -0.3 is 5.32 Å². The maximum atomic E-state index is 11.9. The minimum absolute atomic E-state index is 0.0102. The second-order valence-electron chi connectivity index (χ2n) is 4.60. The average molecular weight is 309 g/mol. The van der Waals surface area contributed by atoms with Crippen molar-refractivity contribution in [1.29, 1.82) is 0 Å². The van der Waals surface area contributed by atoms with Crippen molar-refractivity contribution in [3.63, 3.8) is 0 Å². The first-order chi connectivity index (χ1) is 9.76. The topological polar surface area (TPSA) is 106 Å². The van der Waals surface area contributed by atoms with E-state index in [-0.39, 0.29) is 12.4 Å². The zero-order valence-electron chi connectivity index (χ0n) is 11.9. The van der Waals surface area contributed by atoms with Gasteiger partial charge in [0, 0.05) is 29.6 Å². The molecule has 0 aliphatic rings. The lowest BCUT2D eigenvalue weighted by Gasteiger charge is -1.97. The van der Waals surface area contributed by atoms with Crippen molar-refractivity contribution in [3.8, 4) is 0 Å². The number of nitrogens with one attached hydrogen (secondary N) is 1. The molecule has 1 N–H and O–H groups in total. The first-order valence-electron chi connectivity index (χ1n) is 6.12. The second kappa shape index (κ2) is 5.60. The van der Waals surface area contributed by atoms with Gasteiger partial charge in [-0.2, -0.15) is 4.98 Å². The van der Waals surface area contributed by atoms with Crippen LogP contribution in [0.4, 0.5) is 0 Å². The van der Waals surface area contributed by atoms with Crippen LogP contribution in [0.15, 0.2) is 17.6 Å². The van der Waals surface area contributed by atoms with Gasteiger partial charge in [0.25, 0.3) is 11.7 Å². The third-order valence-electron chi connectivity index (χ3n) is 2.55. The van der Waals surface area contributed by atoms with E-state index in [1.807, 2.05) is 19.9 Å². The van der Waals surface area contributed by atoms with Crippen LogP contribution >= 0.6 is 0 Å². The summed E-state index contributed by atoms with van der Waals surface area (Å²) in [6.45, 7) is 3.75. The first kappa shape index (κ1) is 15.1. The molecule has 0 atom stereocenters. The van der Waals surface area contributed by atoms with Crippen LogP contribution in [-0.2, 0) is 9.84 Å². The summed E-state index contributed by atoms with van der Waals surface area (Å²) >= 11 is 0. The number of amides is 1. The number of rotatable bonds is 4. The molecule has 2 heterocycles. The summed E-state index contributed by atoms with van der Waals surface area (Å²) in [5.74, 6) is -0.149. The van der Waals surface area contributed by atoms with Crippen molar-refractivity contribution in [2.45, 2.75) is 13.8 Å².